The molecule has 4 nitrogen and oxygen atoms in total. The summed E-state index contributed by atoms with van der Waals surface area (Å²) in [5.74, 6) is 0. The van der Waals surface area contributed by atoms with Gasteiger partial charge in [-0.3, -0.25) is 0 Å². The molecule has 2 aromatic rings. The van der Waals surface area contributed by atoms with Crippen molar-refractivity contribution in [2.75, 3.05) is 0 Å². The zero-order chi connectivity index (χ0) is 12.8. The molecule has 0 bridgehead atoms. The van der Waals surface area contributed by atoms with Gasteiger partial charge in [-0.15, -0.1) is 11.7 Å². The molecule has 0 aliphatic rings. The highest BCUT2D eigenvalue weighted by Gasteiger charge is 2.07. The molecule has 0 unspecified atom stereocenters. The van der Waals surface area contributed by atoms with Gasteiger partial charge in [-0.1, -0.05) is 47.7 Å². The van der Waals surface area contributed by atoms with Crippen LogP contribution < -0.4 is 0 Å². The molecule has 0 spiro atoms. The van der Waals surface area contributed by atoms with Gasteiger partial charge in [0.1, 0.15) is 5.69 Å². The Balaban J connectivity index is 2.29. The third-order valence-corrected chi connectivity index (χ3v) is 2.53. The Labute approximate surface area is 106 Å². The molecule has 2 rings (SSSR count). The summed E-state index contributed by atoms with van der Waals surface area (Å²) >= 11 is 0. The van der Waals surface area contributed by atoms with Gasteiger partial charge < -0.3 is 5.11 Å². The molecule has 92 valence electrons. The SMILES string of the molecule is C=CCn1nnc(CO)c1/C=C/c1ccccc1. The third kappa shape index (κ3) is 2.73. The van der Waals surface area contributed by atoms with E-state index in [-0.39, 0.29) is 6.61 Å². The van der Waals surface area contributed by atoms with Crippen LogP contribution in [0, 0.1) is 0 Å². The normalized spacial score (nSPS) is 10.9. The first-order chi connectivity index (χ1) is 8.85. The summed E-state index contributed by atoms with van der Waals surface area (Å²) in [7, 11) is 0. The highest BCUT2D eigenvalue weighted by atomic mass is 16.3. The van der Waals surface area contributed by atoms with Crippen molar-refractivity contribution in [3.8, 4) is 0 Å². The number of aliphatic hydroxyl groups excluding tert-OH is 1. The van der Waals surface area contributed by atoms with Crippen molar-refractivity contribution in [1.29, 1.82) is 0 Å². The lowest BCUT2D eigenvalue weighted by molar-refractivity contribution is 0.276. The predicted molar refractivity (Wildman–Crippen MR) is 71.5 cm³/mol. The number of nitrogens with zero attached hydrogens (tertiary/aromatic N) is 3. The topological polar surface area (TPSA) is 50.9 Å². The summed E-state index contributed by atoms with van der Waals surface area (Å²) in [4.78, 5) is 0. The Hall–Kier alpha value is -2.20. The molecule has 1 aromatic heterocycles. The van der Waals surface area contributed by atoms with Crippen molar-refractivity contribution in [2.24, 2.45) is 0 Å². The van der Waals surface area contributed by atoms with Gasteiger partial charge in [0, 0.05) is 0 Å². The van der Waals surface area contributed by atoms with Crippen LogP contribution in [0.15, 0.2) is 43.0 Å². The zero-order valence-corrected chi connectivity index (χ0v) is 10.0. The van der Waals surface area contributed by atoms with Crippen LogP contribution in [0.2, 0.25) is 0 Å². The molecule has 0 radical (unpaired) electrons. The minimum atomic E-state index is -0.119. The van der Waals surface area contributed by atoms with Crippen molar-refractivity contribution in [1.82, 2.24) is 15.0 Å². The van der Waals surface area contributed by atoms with Crippen LogP contribution in [0.5, 0.6) is 0 Å². The molecule has 0 saturated carbocycles. The second kappa shape index (κ2) is 5.93. The molecule has 4 heteroatoms. The number of hydrogen-bond donors (Lipinski definition) is 1. The van der Waals surface area contributed by atoms with Gasteiger partial charge in [-0.2, -0.15) is 0 Å². The minimum Gasteiger partial charge on any atom is -0.390 e. The molecule has 0 aliphatic heterocycles. The van der Waals surface area contributed by atoms with E-state index >= 15 is 0 Å². The van der Waals surface area contributed by atoms with Crippen LogP contribution in [0.25, 0.3) is 12.2 Å². The first kappa shape index (κ1) is 12.3. The monoisotopic (exact) mass is 241 g/mol. The summed E-state index contributed by atoms with van der Waals surface area (Å²) in [6.45, 7) is 4.13. The summed E-state index contributed by atoms with van der Waals surface area (Å²) in [6, 6.07) is 9.95. The van der Waals surface area contributed by atoms with Crippen LogP contribution in [0.3, 0.4) is 0 Å². The van der Waals surface area contributed by atoms with E-state index in [0.29, 0.717) is 12.2 Å². The Morgan fingerprint density at radius 3 is 2.67 bits per heavy atom. The summed E-state index contributed by atoms with van der Waals surface area (Å²) < 4.78 is 1.71. The van der Waals surface area contributed by atoms with Gasteiger partial charge in [0.15, 0.2) is 0 Å². The van der Waals surface area contributed by atoms with Gasteiger partial charge in [-0.05, 0) is 11.6 Å². The average molecular weight is 241 g/mol. The van der Waals surface area contributed by atoms with Crippen LogP contribution in [-0.2, 0) is 13.2 Å². The van der Waals surface area contributed by atoms with Gasteiger partial charge in [-0.25, -0.2) is 4.68 Å². The lowest BCUT2D eigenvalue weighted by Gasteiger charge is -2.00. The Kier molecular flexibility index (Phi) is 4.04. The quantitative estimate of drug-likeness (QED) is 0.816. The van der Waals surface area contributed by atoms with Crippen LogP contribution in [-0.4, -0.2) is 20.1 Å². The minimum absolute atomic E-state index is 0.119. The fraction of sp³-hybridized carbons (Fsp3) is 0.143. The van der Waals surface area contributed by atoms with E-state index in [1.54, 1.807) is 10.8 Å². The molecule has 0 atom stereocenters. The first-order valence-corrected chi connectivity index (χ1v) is 5.72. The summed E-state index contributed by atoms with van der Waals surface area (Å²) in [5, 5.41) is 17.1. The number of benzene rings is 1. The highest BCUT2D eigenvalue weighted by molar-refractivity contribution is 5.68. The van der Waals surface area contributed by atoms with E-state index < -0.39 is 0 Å². The molecule has 1 aromatic carbocycles. The van der Waals surface area contributed by atoms with Gasteiger partial charge >= 0.3 is 0 Å². The average Bonchev–Trinajstić information content (AvgIpc) is 2.80. The standard InChI is InChI=1S/C14H15N3O/c1-2-10-17-14(13(11-18)15-16-17)9-8-12-6-4-3-5-7-12/h2-9,18H,1,10-11H2/b9-8+. The fourth-order valence-electron chi connectivity index (χ4n) is 1.65. The lowest BCUT2D eigenvalue weighted by atomic mass is 10.2. The lowest BCUT2D eigenvalue weighted by Crippen LogP contribution is -2.00. The van der Waals surface area contributed by atoms with Gasteiger partial charge in [0.25, 0.3) is 0 Å². The number of allylic oxidation sites excluding steroid dienone is 1. The first-order valence-electron chi connectivity index (χ1n) is 5.72. The molecular formula is C14H15N3O. The maximum absolute atomic E-state index is 9.22. The van der Waals surface area contributed by atoms with E-state index in [0.717, 1.165) is 11.3 Å². The van der Waals surface area contributed by atoms with Gasteiger partial charge in [0.2, 0.25) is 0 Å². The Morgan fingerprint density at radius 2 is 2.00 bits per heavy atom. The van der Waals surface area contributed by atoms with E-state index in [2.05, 4.69) is 16.9 Å². The van der Waals surface area contributed by atoms with Gasteiger partial charge in [0.05, 0.1) is 18.8 Å². The smallest absolute Gasteiger partial charge is 0.115 e. The largest absolute Gasteiger partial charge is 0.390 e. The molecule has 0 amide bonds. The summed E-state index contributed by atoms with van der Waals surface area (Å²) in [5.41, 5.74) is 2.47. The van der Waals surface area contributed by atoms with Crippen LogP contribution in [0.1, 0.15) is 17.0 Å². The second-order valence-electron chi connectivity index (χ2n) is 3.79. The zero-order valence-electron chi connectivity index (χ0n) is 10.0. The van der Waals surface area contributed by atoms with E-state index in [1.807, 2.05) is 42.5 Å². The molecule has 1 N–H and O–H groups in total. The van der Waals surface area contributed by atoms with E-state index in [4.69, 9.17) is 0 Å². The Morgan fingerprint density at radius 1 is 1.22 bits per heavy atom. The Bertz CT molecular complexity index is 543. The van der Waals surface area contributed by atoms with E-state index in [9.17, 15) is 5.11 Å². The number of hydrogen-bond acceptors (Lipinski definition) is 3. The van der Waals surface area contributed by atoms with Crippen LogP contribution in [0.4, 0.5) is 0 Å². The summed E-state index contributed by atoms with van der Waals surface area (Å²) in [6.07, 6.45) is 5.62. The van der Waals surface area contributed by atoms with Crippen molar-refractivity contribution >= 4 is 12.2 Å². The third-order valence-electron chi connectivity index (χ3n) is 2.53. The van der Waals surface area contributed by atoms with Crippen molar-refractivity contribution in [3.05, 3.63) is 59.9 Å². The molecule has 0 fully saturated rings. The van der Waals surface area contributed by atoms with E-state index in [1.165, 1.54) is 0 Å². The number of aromatic nitrogens is 3. The number of aliphatic hydroxyl groups is 1. The molecule has 0 aliphatic carbocycles. The van der Waals surface area contributed by atoms with Crippen molar-refractivity contribution < 1.29 is 5.11 Å². The maximum Gasteiger partial charge on any atom is 0.115 e. The number of rotatable bonds is 5. The fourth-order valence-corrected chi connectivity index (χ4v) is 1.65. The molecule has 1 heterocycles. The molecule has 0 saturated heterocycles. The van der Waals surface area contributed by atoms with Crippen LogP contribution >= 0.6 is 0 Å². The van der Waals surface area contributed by atoms with Crippen molar-refractivity contribution in [2.45, 2.75) is 13.2 Å². The maximum atomic E-state index is 9.22. The molecular weight excluding hydrogens is 226 g/mol. The van der Waals surface area contributed by atoms with Crippen molar-refractivity contribution in [3.63, 3.8) is 0 Å². The highest BCUT2D eigenvalue weighted by Crippen LogP contribution is 2.11. The molecule has 18 heavy (non-hydrogen) atoms. The second-order valence-corrected chi connectivity index (χ2v) is 3.79. The predicted octanol–water partition coefficient (Wildman–Crippen LogP) is 2.13.